The fourth-order valence-corrected chi connectivity index (χ4v) is 3.05. The van der Waals surface area contributed by atoms with Gasteiger partial charge in [0.15, 0.2) is 5.82 Å². The Morgan fingerprint density at radius 3 is 2.54 bits per heavy atom. The van der Waals surface area contributed by atoms with Crippen LogP contribution in [0.4, 0.5) is 5.82 Å². The van der Waals surface area contributed by atoms with Crippen LogP contribution in [0.25, 0.3) is 22.5 Å². The van der Waals surface area contributed by atoms with Gasteiger partial charge in [-0.05, 0) is 43.2 Å². The van der Waals surface area contributed by atoms with Crippen molar-refractivity contribution in [1.82, 2.24) is 24.7 Å². The second-order valence-electron chi connectivity index (χ2n) is 6.80. The molecule has 28 heavy (non-hydrogen) atoms. The van der Waals surface area contributed by atoms with E-state index in [2.05, 4.69) is 44.6 Å². The summed E-state index contributed by atoms with van der Waals surface area (Å²) in [5.74, 6) is 1.56. The maximum absolute atomic E-state index is 4.74. The van der Waals surface area contributed by atoms with Crippen molar-refractivity contribution in [2.75, 3.05) is 5.32 Å². The lowest BCUT2D eigenvalue weighted by Gasteiger charge is -2.13. The van der Waals surface area contributed by atoms with E-state index in [-0.39, 0.29) is 0 Å². The summed E-state index contributed by atoms with van der Waals surface area (Å²) < 4.78 is 1.81. The summed E-state index contributed by atoms with van der Waals surface area (Å²) in [5, 5.41) is 7.73. The first-order chi connectivity index (χ1) is 13.6. The van der Waals surface area contributed by atoms with Gasteiger partial charge >= 0.3 is 0 Å². The Morgan fingerprint density at radius 2 is 1.79 bits per heavy atom. The van der Waals surface area contributed by atoms with Crippen LogP contribution in [0.15, 0.2) is 61.2 Å². The molecule has 0 unspecified atom stereocenters. The summed E-state index contributed by atoms with van der Waals surface area (Å²) >= 11 is 0. The van der Waals surface area contributed by atoms with Crippen molar-refractivity contribution in [3.8, 4) is 22.5 Å². The van der Waals surface area contributed by atoms with Gasteiger partial charge in [-0.1, -0.05) is 18.2 Å². The number of benzene rings is 1. The number of nitrogens with zero attached hydrogens (tertiary/aromatic N) is 5. The third kappa shape index (κ3) is 3.76. The molecule has 0 amide bonds. The number of nitrogens with one attached hydrogen (secondary N) is 1. The van der Waals surface area contributed by atoms with Crippen molar-refractivity contribution >= 4 is 5.82 Å². The molecule has 4 rings (SSSR count). The van der Waals surface area contributed by atoms with Gasteiger partial charge in [0.05, 0.1) is 6.20 Å². The SMILES string of the molecule is Cc1nc(-c2ccncc2)nc(NCc2cccc(-c3cnn(C)c3)c2)c1C. The summed E-state index contributed by atoms with van der Waals surface area (Å²) in [6.07, 6.45) is 7.41. The third-order valence-electron chi connectivity index (χ3n) is 4.75. The normalized spacial score (nSPS) is 10.8. The van der Waals surface area contributed by atoms with Crippen molar-refractivity contribution in [3.05, 3.63) is 78.0 Å². The Balaban J connectivity index is 1.58. The van der Waals surface area contributed by atoms with E-state index in [1.165, 1.54) is 5.56 Å². The molecule has 0 saturated carbocycles. The average molecular weight is 370 g/mol. The number of hydrogen-bond donors (Lipinski definition) is 1. The van der Waals surface area contributed by atoms with Gasteiger partial charge in [0, 0.05) is 54.6 Å². The number of rotatable bonds is 5. The molecule has 0 bridgehead atoms. The molecule has 0 aliphatic carbocycles. The standard InChI is InChI=1S/C22H22N6/c1-15-16(2)26-22(18-7-9-23-10-8-18)27-21(15)24-12-17-5-4-6-19(11-17)20-13-25-28(3)14-20/h4-11,13-14H,12H2,1-3H3,(H,24,26,27). The Bertz CT molecular complexity index is 1100. The van der Waals surface area contributed by atoms with Crippen LogP contribution in [0.2, 0.25) is 0 Å². The van der Waals surface area contributed by atoms with E-state index in [4.69, 9.17) is 4.98 Å². The minimum absolute atomic E-state index is 0.682. The lowest BCUT2D eigenvalue weighted by molar-refractivity contribution is 0.768. The number of aromatic nitrogens is 5. The molecular formula is C22H22N6. The molecule has 0 atom stereocenters. The second-order valence-corrected chi connectivity index (χ2v) is 6.80. The van der Waals surface area contributed by atoms with Crippen molar-refractivity contribution in [2.45, 2.75) is 20.4 Å². The quantitative estimate of drug-likeness (QED) is 0.571. The molecule has 1 aromatic carbocycles. The molecule has 0 spiro atoms. The summed E-state index contributed by atoms with van der Waals surface area (Å²) in [7, 11) is 1.93. The Kier molecular flexibility index (Phi) is 4.85. The zero-order valence-electron chi connectivity index (χ0n) is 16.2. The van der Waals surface area contributed by atoms with Gasteiger partial charge in [0.25, 0.3) is 0 Å². The minimum atomic E-state index is 0.682. The summed E-state index contributed by atoms with van der Waals surface area (Å²) in [5.41, 5.74) is 6.43. The van der Waals surface area contributed by atoms with Gasteiger partial charge in [0.1, 0.15) is 5.82 Å². The predicted molar refractivity (Wildman–Crippen MR) is 111 cm³/mol. The van der Waals surface area contributed by atoms with Gasteiger partial charge in [0.2, 0.25) is 0 Å². The van der Waals surface area contributed by atoms with Crippen LogP contribution in [0.3, 0.4) is 0 Å². The van der Waals surface area contributed by atoms with E-state index in [9.17, 15) is 0 Å². The van der Waals surface area contributed by atoms with E-state index in [1.54, 1.807) is 12.4 Å². The Labute approximate surface area is 164 Å². The fraction of sp³-hybridized carbons (Fsp3) is 0.182. The minimum Gasteiger partial charge on any atom is -0.366 e. The lowest BCUT2D eigenvalue weighted by atomic mass is 10.1. The zero-order valence-corrected chi connectivity index (χ0v) is 16.2. The molecule has 0 fully saturated rings. The molecule has 0 aliphatic heterocycles. The Hall–Kier alpha value is -3.54. The van der Waals surface area contributed by atoms with Crippen LogP contribution < -0.4 is 5.32 Å². The second kappa shape index (κ2) is 7.60. The lowest BCUT2D eigenvalue weighted by Crippen LogP contribution is -2.07. The largest absolute Gasteiger partial charge is 0.366 e. The summed E-state index contributed by atoms with van der Waals surface area (Å²) in [6, 6.07) is 12.3. The smallest absolute Gasteiger partial charge is 0.161 e. The van der Waals surface area contributed by atoms with Crippen LogP contribution in [0, 0.1) is 13.8 Å². The van der Waals surface area contributed by atoms with Crippen molar-refractivity contribution in [3.63, 3.8) is 0 Å². The van der Waals surface area contributed by atoms with Crippen LogP contribution in [0.5, 0.6) is 0 Å². The fourth-order valence-electron chi connectivity index (χ4n) is 3.05. The van der Waals surface area contributed by atoms with Crippen molar-refractivity contribution < 1.29 is 0 Å². The first-order valence-electron chi connectivity index (χ1n) is 9.17. The summed E-state index contributed by atoms with van der Waals surface area (Å²) in [4.78, 5) is 13.4. The summed E-state index contributed by atoms with van der Waals surface area (Å²) in [6.45, 7) is 4.73. The van der Waals surface area contributed by atoms with Gasteiger partial charge in [-0.25, -0.2) is 9.97 Å². The van der Waals surface area contributed by atoms with Crippen LogP contribution >= 0.6 is 0 Å². The highest BCUT2D eigenvalue weighted by atomic mass is 15.2. The molecule has 0 aliphatic rings. The molecule has 0 radical (unpaired) electrons. The first-order valence-corrected chi connectivity index (χ1v) is 9.17. The predicted octanol–water partition coefficient (Wildman–Crippen LogP) is 4.17. The van der Waals surface area contributed by atoms with E-state index >= 15 is 0 Å². The maximum Gasteiger partial charge on any atom is 0.161 e. The maximum atomic E-state index is 4.74. The zero-order chi connectivity index (χ0) is 19.5. The van der Waals surface area contributed by atoms with Crippen molar-refractivity contribution in [2.24, 2.45) is 7.05 Å². The Morgan fingerprint density at radius 1 is 0.964 bits per heavy atom. The molecule has 3 heterocycles. The molecule has 6 nitrogen and oxygen atoms in total. The van der Waals surface area contributed by atoms with E-state index in [1.807, 2.05) is 50.1 Å². The highest BCUT2D eigenvalue weighted by Gasteiger charge is 2.10. The van der Waals surface area contributed by atoms with Crippen LogP contribution in [-0.2, 0) is 13.6 Å². The number of pyridine rings is 1. The third-order valence-corrected chi connectivity index (χ3v) is 4.75. The van der Waals surface area contributed by atoms with E-state index in [0.29, 0.717) is 12.4 Å². The highest BCUT2D eigenvalue weighted by Crippen LogP contribution is 2.23. The van der Waals surface area contributed by atoms with Gasteiger partial charge in [-0.3, -0.25) is 9.67 Å². The van der Waals surface area contributed by atoms with Gasteiger partial charge in [-0.2, -0.15) is 5.10 Å². The molecule has 0 saturated heterocycles. The number of aryl methyl sites for hydroxylation is 2. The molecule has 140 valence electrons. The van der Waals surface area contributed by atoms with Crippen LogP contribution in [0.1, 0.15) is 16.8 Å². The van der Waals surface area contributed by atoms with Crippen LogP contribution in [-0.4, -0.2) is 24.7 Å². The number of hydrogen-bond acceptors (Lipinski definition) is 5. The highest BCUT2D eigenvalue weighted by molar-refractivity contribution is 5.63. The molecular weight excluding hydrogens is 348 g/mol. The van der Waals surface area contributed by atoms with Crippen molar-refractivity contribution in [1.29, 1.82) is 0 Å². The first kappa shape index (κ1) is 17.9. The molecule has 4 aromatic rings. The van der Waals surface area contributed by atoms with Gasteiger partial charge in [-0.15, -0.1) is 0 Å². The monoisotopic (exact) mass is 370 g/mol. The average Bonchev–Trinajstić information content (AvgIpc) is 3.16. The topological polar surface area (TPSA) is 68.5 Å². The van der Waals surface area contributed by atoms with E-state index < -0.39 is 0 Å². The molecule has 1 N–H and O–H groups in total. The van der Waals surface area contributed by atoms with Gasteiger partial charge < -0.3 is 5.32 Å². The molecule has 3 aromatic heterocycles. The number of anilines is 1. The van der Waals surface area contributed by atoms with E-state index in [0.717, 1.165) is 33.8 Å². The molecule has 6 heteroatoms.